The predicted octanol–water partition coefficient (Wildman–Crippen LogP) is 2.25. The average molecular weight is 291 g/mol. The van der Waals surface area contributed by atoms with E-state index in [1.54, 1.807) is 30.3 Å². The molecule has 1 aromatic heterocycles. The smallest absolute Gasteiger partial charge is 0.291 e. The van der Waals surface area contributed by atoms with E-state index in [9.17, 15) is 13.2 Å². The number of fused-ring (bicyclic) bond motifs is 1. The zero-order valence-corrected chi connectivity index (χ0v) is 11.4. The summed E-state index contributed by atoms with van der Waals surface area (Å²) in [5.74, 6) is 0.0573. The van der Waals surface area contributed by atoms with Crippen molar-refractivity contribution >= 4 is 21.4 Å². The van der Waals surface area contributed by atoms with E-state index in [1.165, 1.54) is 6.26 Å². The molecule has 5 nitrogen and oxygen atoms in total. The van der Waals surface area contributed by atoms with Gasteiger partial charge in [-0.05, 0) is 48.7 Å². The third kappa shape index (κ3) is 2.34. The van der Waals surface area contributed by atoms with Crippen molar-refractivity contribution < 1.29 is 17.6 Å². The van der Waals surface area contributed by atoms with Gasteiger partial charge in [0, 0.05) is 5.69 Å². The fourth-order valence-electron chi connectivity index (χ4n) is 2.32. The van der Waals surface area contributed by atoms with Crippen LogP contribution < -0.4 is 5.32 Å². The third-order valence-corrected chi connectivity index (χ3v) is 5.15. The van der Waals surface area contributed by atoms with Gasteiger partial charge in [-0.15, -0.1) is 0 Å². The van der Waals surface area contributed by atoms with Gasteiger partial charge in [-0.25, -0.2) is 8.42 Å². The van der Waals surface area contributed by atoms with Crippen LogP contribution in [0, 0.1) is 0 Å². The lowest BCUT2D eigenvalue weighted by atomic mass is 10.1. The normalized spacial score (nSPS) is 16.4. The van der Waals surface area contributed by atoms with E-state index in [-0.39, 0.29) is 17.4 Å². The van der Waals surface area contributed by atoms with Gasteiger partial charge in [0.1, 0.15) is 0 Å². The van der Waals surface area contributed by atoms with Gasteiger partial charge in [-0.3, -0.25) is 4.79 Å². The first-order valence-electron chi connectivity index (χ1n) is 6.27. The van der Waals surface area contributed by atoms with Gasteiger partial charge in [0.2, 0.25) is 0 Å². The van der Waals surface area contributed by atoms with E-state index in [0.29, 0.717) is 23.4 Å². The lowest BCUT2D eigenvalue weighted by Gasteiger charge is -2.17. The first kappa shape index (κ1) is 12.9. The Morgan fingerprint density at radius 3 is 2.85 bits per heavy atom. The summed E-state index contributed by atoms with van der Waals surface area (Å²) in [7, 11) is -3.16. The van der Waals surface area contributed by atoms with Crippen molar-refractivity contribution in [2.45, 2.75) is 17.7 Å². The minimum absolute atomic E-state index is 0.193. The van der Waals surface area contributed by atoms with E-state index >= 15 is 0 Å². The summed E-state index contributed by atoms with van der Waals surface area (Å²) in [6, 6.07) is 8.07. The Labute approximate surface area is 116 Å². The number of amides is 1. The summed E-state index contributed by atoms with van der Waals surface area (Å²) in [5.41, 5.74) is 1.33. The monoisotopic (exact) mass is 291 g/mol. The highest BCUT2D eigenvalue weighted by Gasteiger charge is 2.23. The summed E-state index contributed by atoms with van der Waals surface area (Å²) in [5, 5.41) is 2.69. The number of hydrogen-bond donors (Lipinski definition) is 1. The maximum Gasteiger partial charge on any atom is 0.291 e. The minimum atomic E-state index is -3.16. The van der Waals surface area contributed by atoms with Crippen LogP contribution in [0.3, 0.4) is 0 Å². The molecule has 0 atom stereocenters. The number of hydrogen-bond acceptors (Lipinski definition) is 4. The van der Waals surface area contributed by atoms with Crippen LogP contribution >= 0.6 is 0 Å². The van der Waals surface area contributed by atoms with Gasteiger partial charge in [0.05, 0.1) is 16.9 Å². The van der Waals surface area contributed by atoms with Gasteiger partial charge < -0.3 is 9.73 Å². The quantitative estimate of drug-likeness (QED) is 0.920. The van der Waals surface area contributed by atoms with Crippen LogP contribution in [0.1, 0.15) is 22.5 Å². The van der Waals surface area contributed by atoms with Crippen molar-refractivity contribution in [3.8, 4) is 0 Å². The molecule has 1 aliphatic heterocycles. The second kappa shape index (κ2) is 4.79. The van der Waals surface area contributed by atoms with E-state index in [2.05, 4.69) is 5.32 Å². The van der Waals surface area contributed by atoms with Gasteiger partial charge in [-0.2, -0.15) is 0 Å². The summed E-state index contributed by atoms with van der Waals surface area (Å²) >= 11 is 0. The van der Waals surface area contributed by atoms with Gasteiger partial charge in [0.25, 0.3) is 5.91 Å². The molecule has 0 bridgehead atoms. The molecule has 6 heteroatoms. The van der Waals surface area contributed by atoms with Crippen molar-refractivity contribution in [2.24, 2.45) is 0 Å². The van der Waals surface area contributed by atoms with Gasteiger partial charge >= 0.3 is 0 Å². The van der Waals surface area contributed by atoms with Crippen LogP contribution in [0.4, 0.5) is 5.69 Å². The fraction of sp³-hybridized carbons (Fsp3) is 0.214. The molecule has 104 valence electrons. The summed E-state index contributed by atoms with van der Waals surface area (Å²) < 4.78 is 28.8. The minimum Gasteiger partial charge on any atom is -0.459 e. The Bertz CT molecular complexity index is 747. The summed E-state index contributed by atoms with van der Waals surface area (Å²) in [6.07, 6.45) is 2.75. The number of carbonyl (C=O) groups excluding carboxylic acids is 1. The number of rotatable bonds is 2. The Balaban J connectivity index is 1.88. The van der Waals surface area contributed by atoms with Crippen LogP contribution in [0.5, 0.6) is 0 Å². The van der Waals surface area contributed by atoms with Crippen LogP contribution in [0.2, 0.25) is 0 Å². The first-order valence-corrected chi connectivity index (χ1v) is 7.92. The molecule has 0 radical (unpaired) electrons. The maximum absolute atomic E-state index is 11.9. The van der Waals surface area contributed by atoms with Crippen LogP contribution in [-0.2, 0) is 16.3 Å². The highest BCUT2D eigenvalue weighted by atomic mass is 32.2. The van der Waals surface area contributed by atoms with Crippen LogP contribution in [0.15, 0.2) is 45.9 Å². The van der Waals surface area contributed by atoms with Crippen molar-refractivity contribution in [3.05, 3.63) is 47.9 Å². The van der Waals surface area contributed by atoms with Crippen molar-refractivity contribution in [2.75, 3.05) is 11.1 Å². The second-order valence-electron chi connectivity index (χ2n) is 4.68. The molecule has 1 N–H and O–H groups in total. The highest BCUT2D eigenvalue weighted by molar-refractivity contribution is 7.91. The molecule has 1 amide bonds. The van der Waals surface area contributed by atoms with Crippen molar-refractivity contribution in [3.63, 3.8) is 0 Å². The van der Waals surface area contributed by atoms with Gasteiger partial charge in [0.15, 0.2) is 15.6 Å². The van der Waals surface area contributed by atoms with Crippen molar-refractivity contribution in [1.29, 1.82) is 0 Å². The number of nitrogens with one attached hydrogen (secondary N) is 1. The third-order valence-electron chi connectivity index (χ3n) is 3.26. The maximum atomic E-state index is 11.9. The molecule has 1 aromatic carbocycles. The number of benzene rings is 1. The highest BCUT2D eigenvalue weighted by Crippen LogP contribution is 2.27. The van der Waals surface area contributed by atoms with E-state index in [1.807, 2.05) is 0 Å². The molecule has 0 spiro atoms. The Hall–Kier alpha value is -2.08. The molecule has 0 saturated heterocycles. The predicted molar refractivity (Wildman–Crippen MR) is 73.5 cm³/mol. The average Bonchev–Trinajstić information content (AvgIpc) is 2.92. The Morgan fingerprint density at radius 1 is 1.25 bits per heavy atom. The number of furan rings is 1. The SMILES string of the molecule is O=C(Nc1ccc2c(c1)CCCS2(=O)=O)c1ccco1. The molecule has 3 rings (SSSR count). The van der Waals surface area contributed by atoms with Crippen LogP contribution in [0.25, 0.3) is 0 Å². The van der Waals surface area contributed by atoms with E-state index < -0.39 is 9.84 Å². The van der Waals surface area contributed by atoms with E-state index in [4.69, 9.17) is 4.42 Å². The number of anilines is 1. The second-order valence-corrected chi connectivity index (χ2v) is 6.75. The van der Waals surface area contributed by atoms with Crippen LogP contribution in [-0.4, -0.2) is 20.1 Å². The molecule has 20 heavy (non-hydrogen) atoms. The molecule has 0 fully saturated rings. The lowest BCUT2D eigenvalue weighted by molar-refractivity contribution is 0.0996. The zero-order valence-electron chi connectivity index (χ0n) is 10.6. The largest absolute Gasteiger partial charge is 0.459 e. The Morgan fingerprint density at radius 2 is 2.10 bits per heavy atom. The Kier molecular flexibility index (Phi) is 3.10. The molecule has 0 unspecified atom stereocenters. The summed E-state index contributed by atoms with van der Waals surface area (Å²) in [4.78, 5) is 12.2. The number of sulfone groups is 1. The molecule has 2 heterocycles. The fourth-order valence-corrected chi connectivity index (χ4v) is 3.90. The van der Waals surface area contributed by atoms with Gasteiger partial charge in [-0.1, -0.05) is 0 Å². The number of carbonyl (C=O) groups is 1. The molecule has 1 aliphatic rings. The van der Waals surface area contributed by atoms with Crippen molar-refractivity contribution in [1.82, 2.24) is 0 Å². The standard InChI is InChI=1S/C14H13NO4S/c16-14(12-4-1-7-19-12)15-11-5-6-13-10(9-11)3-2-8-20(13,17)18/h1,4-7,9H,2-3,8H2,(H,15,16). The number of aryl methyl sites for hydroxylation is 1. The molecule has 0 saturated carbocycles. The zero-order chi connectivity index (χ0) is 14.2. The molecule has 2 aromatic rings. The van der Waals surface area contributed by atoms with E-state index in [0.717, 1.165) is 5.56 Å². The molecular weight excluding hydrogens is 278 g/mol. The topological polar surface area (TPSA) is 76.4 Å². The summed E-state index contributed by atoms with van der Waals surface area (Å²) in [6.45, 7) is 0. The molecule has 0 aliphatic carbocycles. The lowest BCUT2D eigenvalue weighted by Crippen LogP contribution is -2.17. The molecular formula is C14H13NO4S. The first-order chi connectivity index (χ1) is 9.56.